The number of pyridine rings is 1. The van der Waals surface area contributed by atoms with E-state index < -0.39 is 21.1 Å². The third-order valence-corrected chi connectivity index (χ3v) is 6.52. The Hall–Kier alpha value is -3.30. The van der Waals surface area contributed by atoms with Gasteiger partial charge in [-0.05, 0) is 42.3 Å². The van der Waals surface area contributed by atoms with Gasteiger partial charge in [-0.1, -0.05) is 18.2 Å². The van der Waals surface area contributed by atoms with E-state index in [9.17, 15) is 13.2 Å². The first-order chi connectivity index (χ1) is 13.9. The third kappa shape index (κ3) is 3.82. The summed E-state index contributed by atoms with van der Waals surface area (Å²) in [6, 6.07) is 10.3. The molecular formula is C20H19N5O3S. The van der Waals surface area contributed by atoms with Crippen LogP contribution in [0.15, 0.2) is 59.8 Å². The van der Waals surface area contributed by atoms with Gasteiger partial charge in [0.1, 0.15) is 5.37 Å². The van der Waals surface area contributed by atoms with Crippen LogP contribution in [-0.4, -0.2) is 29.5 Å². The van der Waals surface area contributed by atoms with Crippen LogP contribution in [0.5, 0.6) is 0 Å². The molecule has 8 nitrogen and oxygen atoms in total. The zero-order valence-electron chi connectivity index (χ0n) is 15.6. The van der Waals surface area contributed by atoms with Gasteiger partial charge in [0, 0.05) is 25.0 Å². The van der Waals surface area contributed by atoms with Crippen molar-refractivity contribution >= 4 is 27.6 Å². The Morgan fingerprint density at radius 2 is 2.14 bits per heavy atom. The fourth-order valence-corrected chi connectivity index (χ4v) is 4.95. The molecule has 0 saturated heterocycles. The Bertz CT molecular complexity index is 1190. The zero-order chi connectivity index (χ0) is 20.4. The van der Waals surface area contributed by atoms with Crippen LogP contribution in [0, 0.1) is 6.92 Å². The number of carbonyl (C=O) groups is 1. The first-order valence-electron chi connectivity index (χ1n) is 8.95. The molecule has 1 aliphatic rings. The highest BCUT2D eigenvalue weighted by Gasteiger charge is 2.38. The lowest BCUT2D eigenvalue weighted by molar-refractivity contribution is -0.111. The molecule has 148 valence electrons. The SMILES string of the molecule is Cc1cccc(S(=O)(=O)C2NCc3[nH]nc(NC(=O)C=Cc4cccnc4)c32)c1. The van der Waals surface area contributed by atoms with Crippen LogP contribution in [0.1, 0.15) is 27.8 Å². The second-order valence-electron chi connectivity index (χ2n) is 6.70. The molecule has 0 spiro atoms. The Morgan fingerprint density at radius 1 is 1.28 bits per heavy atom. The van der Waals surface area contributed by atoms with E-state index in [0.717, 1.165) is 11.1 Å². The van der Waals surface area contributed by atoms with Crippen molar-refractivity contribution in [1.29, 1.82) is 0 Å². The van der Waals surface area contributed by atoms with Gasteiger partial charge in [0.05, 0.1) is 16.2 Å². The molecule has 1 atom stereocenters. The number of aryl methyl sites for hydroxylation is 1. The minimum absolute atomic E-state index is 0.201. The topological polar surface area (TPSA) is 117 Å². The summed E-state index contributed by atoms with van der Waals surface area (Å²) in [6.07, 6.45) is 6.25. The number of nitrogens with one attached hydrogen (secondary N) is 3. The van der Waals surface area contributed by atoms with E-state index in [1.54, 1.807) is 42.7 Å². The normalized spacial score (nSPS) is 16.1. The molecule has 1 amide bonds. The summed E-state index contributed by atoms with van der Waals surface area (Å²) in [5.41, 5.74) is 2.70. The van der Waals surface area contributed by atoms with Crippen molar-refractivity contribution in [3.8, 4) is 0 Å². The molecule has 1 aromatic carbocycles. The Morgan fingerprint density at radius 3 is 2.90 bits per heavy atom. The van der Waals surface area contributed by atoms with Gasteiger partial charge < -0.3 is 5.32 Å². The van der Waals surface area contributed by atoms with Crippen molar-refractivity contribution in [2.45, 2.75) is 23.7 Å². The lowest BCUT2D eigenvalue weighted by atomic mass is 10.2. The highest BCUT2D eigenvalue weighted by molar-refractivity contribution is 7.91. The van der Waals surface area contributed by atoms with Crippen molar-refractivity contribution < 1.29 is 13.2 Å². The number of amides is 1. The molecule has 29 heavy (non-hydrogen) atoms. The van der Waals surface area contributed by atoms with Crippen molar-refractivity contribution in [3.05, 3.63) is 77.3 Å². The number of carbonyl (C=O) groups excluding carboxylic acids is 1. The summed E-state index contributed by atoms with van der Waals surface area (Å²) in [7, 11) is -3.71. The molecule has 1 aliphatic heterocycles. The lowest BCUT2D eigenvalue weighted by Crippen LogP contribution is -2.24. The van der Waals surface area contributed by atoms with E-state index in [1.165, 1.54) is 6.08 Å². The minimum Gasteiger partial charge on any atom is -0.305 e. The van der Waals surface area contributed by atoms with Gasteiger partial charge in [0.2, 0.25) is 5.91 Å². The number of anilines is 1. The Balaban J connectivity index is 1.59. The number of sulfone groups is 1. The summed E-state index contributed by atoms with van der Waals surface area (Å²) < 4.78 is 26.3. The van der Waals surface area contributed by atoms with Crippen molar-refractivity contribution in [2.24, 2.45) is 0 Å². The first-order valence-corrected chi connectivity index (χ1v) is 10.5. The van der Waals surface area contributed by atoms with Gasteiger partial charge in [-0.15, -0.1) is 0 Å². The summed E-state index contributed by atoms with van der Waals surface area (Å²) in [6.45, 7) is 2.16. The number of aromatic amines is 1. The Kier molecular flexibility index (Phi) is 4.99. The highest BCUT2D eigenvalue weighted by Crippen LogP contribution is 2.37. The highest BCUT2D eigenvalue weighted by atomic mass is 32.2. The molecule has 9 heteroatoms. The fraction of sp³-hybridized carbons (Fsp3) is 0.150. The maximum Gasteiger partial charge on any atom is 0.249 e. The van der Waals surface area contributed by atoms with E-state index in [-0.39, 0.29) is 10.7 Å². The monoisotopic (exact) mass is 409 g/mol. The van der Waals surface area contributed by atoms with Gasteiger partial charge in [0.25, 0.3) is 0 Å². The summed E-state index contributed by atoms with van der Waals surface area (Å²) in [5, 5.41) is 11.6. The van der Waals surface area contributed by atoms with E-state index in [2.05, 4.69) is 25.8 Å². The van der Waals surface area contributed by atoms with Gasteiger partial charge in [-0.3, -0.25) is 20.2 Å². The van der Waals surface area contributed by atoms with Crippen molar-refractivity contribution in [2.75, 3.05) is 5.32 Å². The number of hydrogen-bond donors (Lipinski definition) is 3. The molecule has 2 aromatic heterocycles. The van der Waals surface area contributed by atoms with Crippen LogP contribution in [0.4, 0.5) is 5.82 Å². The van der Waals surface area contributed by atoms with Crippen LogP contribution in [0.2, 0.25) is 0 Å². The quantitative estimate of drug-likeness (QED) is 0.557. The van der Waals surface area contributed by atoms with Gasteiger partial charge in [-0.2, -0.15) is 5.10 Å². The molecule has 4 rings (SSSR count). The third-order valence-electron chi connectivity index (χ3n) is 4.59. The van der Waals surface area contributed by atoms with Gasteiger partial charge in [0.15, 0.2) is 15.7 Å². The lowest BCUT2D eigenvalue weighted by Gasteiger charge is -2.14. The van der Waals surface area contributed by atoms with E-state index >= 15 is 0 Å². The molecule has 0 radical (unpaired) electrons. The second kappa shape index (κ2) is 7.61. The average molecular weight is 409 g/mol. The number of hydrogen-bond acceptors (Lipinski definition) is 6. The number of fused-ring (bicyclic) bond motifs is 1. The molecule has 3 N–H and O–H groups in total. The van der Waals surface area contributed by atoms with Crippen LogP contribution < -0.4 is 10.6 Å². The molecule has 0 fully saturated rings. The number of aromatic nitrogens is 3. The van der Waals surface area contributed by atoms with Crippen molar-refractivity contribution in [3.63, 3.8) is 0 Å². The standard InChI is InChI=1S/C20H19N5O3S/c1-13-4-2-6-15(10-13)29(27,28)20-18-16(12-22-20)24-25-19(18)23-17(26)8-7-14-5-3-9-21-11-14/h2-11,20,22H,12H2,1H3,(H2,23,24,25,26). The molecule has 3 aromatic rings. The fourth-order valence-electron chi connectivity index (χ4n) is 3.19. The van der Waals surface area contributed by atoms with Crippen LogP contribution >= 0.6 is 0 Å². The van der Waals surface area contributed by atoms with Crippen LogP contribution in [0.25, 0.3) is 6.08 Å². The van der Waals surface area contributed by atoms with Crippen LogP contribution in [0.3, 0.4) is 0 Å². The van der Waals surface area contributed by atoms with Crippen molar-refractivity contribution in [1.82, 2.24) is 20.5 Å². The largest absolute Gasteiger partial charge is 0.305 e. The summed E-state index contributed by atoms with van der Waals surface area (Å²) in [4.78, 5) is 16.5. The summed E-state index contributed by atoms with van der Waals surface area (Å²) >= 11 is 0. The zero-order valence-corrected chi connectivity index (χ0v) is 16.4. The number of nitrogens with zero attached hydrogens (tertiary/aromatic N) is 2. The van der Waals surface area contributed by atoms with Gasteiger partial charge >= 0.3 is 0 Å². The summed E-state index contributed by atoms with van der Waals surface area (Å²) in [5.74, 6) is -0.214. The molecule has 0 saturated carbocycles. The smallest absolute Gasteiger partial charge is 0.249 e. The predicted molar refractivity (Wildman–Crippen MR) is 108 cm³/mol. The Labute approximate surface area is 168 Å². The first kappa shape index (κ1) is 19.0. The van der Waals surface area contributed by atoms with E-state index in [0.29, 0.717) is 17.8 Å². The predicted octanol–water partition coefficient (Wildman–Crippen LogP) is 2.34. The minimum atomic E-state index is -3.71. The molecule has 1 unspecified atom stereocenters. The second-order valence-corrected chi connectivity index (χ2v) is 8.73. The number of H-pyrrole nitrogens is 1. The molecule has 0 bridgehead atoms. The molecule has 0 aliphatic carbocycles. The van der Waals surface area contributed by atoms with E-state index in [1.807, 2.05) is 19.1 Å². The number of benzene rings is 1. The van der Waals surface area contributed by atoms with Gasteiger partial charge in [-0.25, -0.2) is 8.42 Å². The average Bonchev–Trinajstić information content (AvgIpc) is 3.30. The maximum atomic E-state index is 13.2. The number of rotatable bonds is 5. The van der Waals surface area contributed by atoms with Crippen LogP contribution in [-0.2, 0) is 21.2 Å². The maximum absolute atomic E-state index is 13.2. The van der Waals surface area contributed by atoms with E-state index in [4.69, 9.17) is 0 Å². The molecule has 3 heterocycles. The molecular weight excluding hydrogens is 390 g/mol.